The molecule has 134 valence electrons. The molecule has 0 spiro atoms. The number of nitrogens with zero attached hydrogens (tertiary/aromatic N) is 1. The number of likely N-dealkylation sites (tertiary alicyclic amines) is 1. The average molecular weight is 344 g/mol. The van der Waals surface area contributed by atoms with Crippen LogP contribution in [0.5, 0.6) is 0 Å². The number of alkyl halides is 3. The minimum Gasteiger partial charge on any atom is -0.444 e. The van der Waals surface area contributed by atoms with Crippen LogP contribution in [0.1, 0.15) is 50.7 Å². The molecule has 1 heterocycles. The van der Waals surface area contributed by atoms with Gasteiger partial charge in [0.1, 0.15) is 5.60 Å². The molecule has 0 radical (unpaired) electrons. The zero-order valence-corrected chi connectivity index (χ0v) is 14.1. The van der Waals surface area contributed by atoms with Gasteiger partial charge in [-0.3, -0.25) is 0 Å². The largest absolute Gasteiger partial charge is 0.444 e. The summed E-state index contributed by atoms with van der Waals surface area (Å²) >= 11 is 0. The summed E-state index contributed by atoms with van der Waals surface area (Å²) in [5, 5.41) is 0. The Labute approximate surface area is 139 Å². The van der Waals surface area contributed by atoms with Crippen molar-refractivity contribution >= 4 is 11.8 Å². The Bertz CT molecular complexity index is 609. The van der Waals surface area contributed by atoms with E-state index in [1.807, 2.05) is 0 Å². The number of rotatable bonds is 1. The van der Waals surface area contributed by atoms with E-state index in [2.05, 4.69) is 0 Å². The van der Waals surface area contributed by atoms with E-state index in [1.165, 1.54) is 17.0 Å². The zero-order chi connectivity index (χ0) is 18.1. The minimum absolute atomic E-state index is 0.0749. The van der Waals surface area contributed by atoms with Gasteiger partial charge in [-0.2, -0.15) is 13.2 Å². The van der Waals surface area contributed by atoms with Gasteiger partial charge in [-0.25, -0.2) is 4.79 Å². The van der Waals surface area contributed by atoms with Crippen LogP contribution in [0.4, 0.5) is 23.7 Å². The van der Waals surface area contributed by atoms with Crippen LogP contribution < -0.4 is 5.73 Å². The predicted octanol–water partition coefficient (Wildman–Crippen LogP) is 4.40. The second kappa shape index (κ2) is 6.53. The smallest absolute Gasteiger partial charge is 0.416 e. The van der Waals surface area contributed by atoms with Gasteiger partial charge in [0.2, 0.25) is 0 Å². The molecule has 4 nitrogen and oxygen atoms in total. The average Bonchev–Trinajstić information content (AvgIpc) is 2.44. The van der Waals surface area contributed by atoms with Crippen LogP contribution in [0.25, 0.3) is 0 Å². The number of amides is 1. The lowest BCUT2D eigenvalue weighted by molar-refractivity contribution is -0.138. The molecule has 1 aliphatic heterocycles. The number of hydrogen-bond donors (Lipinski definition) is 1. The minimum atomic E-state index is -4.47. The highest BCUT2D eigenvalue weighted by atomic mass is 19.4. The van der Waals surface area contributed by atoms with E-state index in [-0.39, 0.29) is 23.7 Å². The molecule has 0 aliphatic carbocycles. The number of nitrogens with two attached hydrogens (primary N) is 1. The summed E-state index contributed by atoms with van der Waals surface area (Å²) < 4.78 is 45.2. The van der Waals surface area contributed by atoms with E-state index in [0.29, 0.717) is 19.4 Å². The molecular formula is C17H23F3N2O2. The van der Waals surface area contributed by atoms with Crippen LogP contribution in [0, 0.1) is 0 Å². The van der Waals surface area contributed by atoms with Gasteiger partial charge >= 0.3 is 12.3 Å². The van der Waals surface area contributed by atoms with E-state index >= 15 is 0 Å². The van der Waals surface area contributed by atoms with E-state index in [4.69, 9.17) is 10.5 Å². The maximum atomic E-state index is 13.3. The zero-order valence-electron chi connectivity index (χ0n) is 14.1. The van der Waals surface area contributed by atoms with Crippen LogP contribution in [-0.4, -0.2) is 29.7 Å². The quantitative estimate of drug-likeness (QED) is 0.768. The van der Waals surface area contributed by atoms with E-state index in [9.17, 15) is 18.0 Å². The summed E-state index contributed by atoms with van der Waals surface area (Å²) in [4.78, 5) is 13.7. The lowest BCUT2D eigenvalue weighted by Gasteiger charge is -2.35. The second-order valence-electron chi connectivity index (χ2n) is 7.11. The number of carbonyl (C=O) groups excluding carboxylic acids is 1. The molecule has 1 aromatic rings. The number of anilines is 1. The SMILES string of the molecule is CC(C)(C)OC(=O)N1CCCC(c2ccc(N)cc2C(F)(F)F)C1. The molecule has 7 heteroatoms. The molecule has 2 N–H and O–H groups in total. The number of piperidine rings is 1. The molecule has 1 saturated heterocycles. The molecule has 1 aromatic carbocycles. The van der Waals surface area contributed by atoms with Crippen molar-refractivity contribution in [1.82, 2.24) is 4.90 Å². The Kier molecular flexibility index (Phi) is 5.01. The summed E-state index contributed by atoms with van der Waals surface area (Å²) in [6, 6.07) is 3.85. The van der Waals surface area contributed by atoms with Crippen molar-refractivity contribution in [3.8, 4) is 0 Å². The second-order valence-corrected chi connectivity index (χ2v) is 7.11. The normalized spacial score (nSPS) is 19.2. The first-order valence-electron chi connectivity index (χ1n) is 7.92. The van der Waals surface area contributed by atoms with Crippen LogP contribution in [0.15, 0.2) is 18.2 Å². The van der Waals surface area contributed by atoms with Gasteiger partial charge in [-0.15, -0.1) is 0 Å². The third-order valence-corrected chi connectivity index (χ3v) is 3.90. The topological polar surface area (TPSA) is 55.6 Å². The molecule has 0 bridgehead atoms. The molecule has 1 aliphatic rings. The van der Waals surface area contributed by atoms with Gasteiger partial charge in [0.15, 0.2) is 0 Å². The highest BCUT2D eigenvalue weighted by Crippen LogP contribution is 2.39. The first-order valence-corrected chi connectivity index (χ1v) is 7.92. The maximum absolute atomic E-state index is 13.3. The molecule has 1 unspecified atom stereocenters. The van der Waals surface area contributed by atoms with Crippen LogP contribution in [-0.2, 0) is 10.9 Å². The summed E-state index contributed by atoms with van der Waals surface area (Å²) in [5.74, 6) is -0.386. The van der Waals surface area contributed by atoms with Crippen molar-refractivity contribution in [1.29, 1.82) is 0 Å². The highest BCUT2D eigenvalue weighted by molar-refractivity contribution is 5.68. The number of benzene rings is 1. The van der Waals surface area contributed by atoms with Crippen LogP contribution in [0.3, 0.4) is 0 Å². The molecule has 0 aromatic heterocycles. The van der Waals surface area contributed by atoms with Gasteiger partial charge in [-0.1, -0.05) is 6.07 Å². The Balaban J connectivity index is 2.23. The van der Waals surface area contributed by atoms with E-state index < -0.39 is 23.4 Å². The molecule has 1 atom stereocenters. The van der Waals surface area contributed by atoms with Gasteiger partial charge in [0.05, 0.1) is 5.56 Å². The molecule has 0 saturated carbocycles. The Morgan fingerprint density at radius 3 is 2.54 bits per heavy atom. The monoisotopic (exact) mass is 344 g/mol. The Hall–Kier alpha value is -1.92. The molecule has 24 heavy (non-hydrogen) atoms. The van der Waals surface area contributed by atoms with Crippen molar-refractivity contribution in [2.24, 2.45) is 0 Å². The number of carbonyl (C=O) groups is 1. The highest BCUT2D eigenvalue weighted by Gasteiger charge is 2.37. The maximum Gasteiger partial charge on any atom is 0.416 e. The van der Waals surface area contributed by atoms with E-state index in [0.717, 1.165) is 6.07 Å². The fourth-order valence-corrected chi connectivity index (χ4v) is 2.90. The Morgan fingerprint density at radius 1 is 1.29 bits per heavy atom. The summed E-state index contributed by atoms with van der Waals surface area (Å²) in [6.45, 7) is 5.97. The number of nitrogen functional groups attached to an aromatic ring is 1. The lowest BCUT2D eigenvalue weighted by atomic mass is 9.87. The molecule has 1 fully saturated rings. The fraction of sp³-hybridized carbons (Fsp3) is 0.588. The first kappa shape index (κ1) is 18.4. The van der Waals surface area contributed by atoms with Gasteiger partial charge in [0.25, 0.3) is 0 Å². The van der Waals surface area contributed by atoms with Gasteiger partial charge in [0, 0.05) is 24.7 Å². The fourth-order valence-electron chi connectivity index (χ4n) is 2.90. The molecule has 2 rings (SSSR count). The number of halogens is 3. The van der Waals surface area contributed by atoms with Crippen LogP contribution in [0.2, 0.25) is 0 Å². The lowest BCUT2D eigenvalue weighted by Crippen LogP contribution is -2.42. The van der Waals surface area contributed by atoms with Crippen molar-refractivity contribution in [2.75, 3.05) is 18.8 Å². The number of hydrogen-bond acceptors (Lipinski definition) is 3. The third-order valence-electron chi connectivity index (χ3n) is 3.90. The molecule has 1 amide bonds. The van der Waals surface area contributed by atoms with Gasteiger partial charge < -0.3 is 15.4 Å². The standard InChI is InChI=1S/C17H23F3N2O2/c1-16(2,3)24-15(23)22-8-4-5-11(10-22)13-7-6-12(21)9-14(13)17(18,19)20/h6-7,9,11H,4-5,8,10,21H2,1-3H3. The van der Waals surface area contributed by atoms with Crippen LogP contribution >= 0.6 is 0 Å². The first-order chi connectivity index (χ1) is 11.0. The van der Waals surface area contributed by atoms with Gasteiger partial charge in [-0.05, 0) is 51.3 Å². The van der Waals surface area contributed by atoms with Crippen molar-refractivity contribution in [3.63, 3.8) is 0 Å². The van der Waals surface area contributed by atoms with Crippen molar-refractivity contribution in [3.05, 3.63) is 29.3 Å². The van der Waals surface area contributed by atoms with Crippen molar-refractivity contribution in [2.45, 2.75) is 51.3 Å². The molecular weight excluding hydrogens is 321 g/mol. The third kappa shape index (κ3) is 4.55. The van der Waals surface area contributed by atoms with E-state index in [1.54, 1.807) is 20.8 Å². The summed E-state index contributed by atoms with van der Waals surface area (Å²) in [7, 11) is 0. The van der Waals surface area contributed by atoms with Crippen molar-refractivity contribution < 1.29 is 22.7 Å². The predicted molar refractivity (Wildman–Crippen MR) is 85.6 cm³/mol. The summed E-state index contributed by atoms with van der Waals surface area (Å²) in [5.41, 5.74) is 4.41. The Morgan fingerprint density at radius 2 is 1.96 bits per heavy atom. The number of ether oxygens (including phenoxy) is 1. The summed E-state index contributed by atoms with van der Waals surface area (Å²) in [6.07, 6.45) is -3.74.